The normalized spacial score (nSPS) is 13.0. The van der Waals surface area contributed by atoms with Gasteiger partial charge in [0.2, 0.25) is 0 Å². The molecule has 0 radical (unpaired) electrons. The van der Waals surface area contributed by atoms with Gasteiger partial charge in [0.25, 0.3) is 0 Å². The molecule has 0 aromatic carbocycles. The maximum atomic E-state index is 12.1. The summed E-state index contributed by atoms with van der Waals surface area (Å²) < 4.78 is -1.68. The summed E-state index contributed by atoms with van der Waals surface area (Å²) in [5, 5.41) is 59.4. The summed E-state index contributed by atoms with van der Waals surface area (Å²) in [5.41, 5.74) is 0. The van der Waals surface area contributed by atoms with Crippen molar-refractivity contribution in [3.63, 3.8) is 0 Å². The highest BCUT2D eigenvalue weighted by Crippen LogP contribution is 2.09. The highest BCUT2D eigenvalue weighted by Gasteiger charge is 2.23. The average Bonchev–Trinajstić information content (AvgIpc) is 2.28. The Morgan fingerprint density at radius 1 is 0.500 bits per heavy atom. The molecular weight excluding hydrogens is 244 g/mol. The maximum Gasteiger partial charge on any atom is 0.129 e. The van der Waals surface area contributed by atoms with Gasteiger partial charge < -0.3 is 40.1 Å². The monoisotopic (exact) mass is 268 g/mol. The molecule has 0 saturated heterocycles. The lowest BCUT2D eigenvalue weighted by Crippen LogP contribution is -2.56. The molecule has 0 bridgehead atoms. The molecule has 4 N–H and O–H groups in total. The van der Waals surface area contributed by atoms with Gasteiger partial charge >= 0.3 is 0 Å². The van der Waals surface area contributed by atoms with Crippen LogP contribution >= 0.6 is 0 Å². The van der Waals surface area contributed by atoms with E-state index in [2.05, 4.69) is 0 Å². The van der Waals surface area contributed by atoms with Gasteiger partial charge in [-0.1, -0.05) is 0 Å². The smallest absolute Gasteiger partial charge is 0.129 e. The van der Waals surface area contributed by atoms with Gasteiger partial charge in [0.1, 0.15) is 39.3 Å². The average molecular weight is 268 g/mol. The standard InChI is InChI=1S/C10H24N2O6/c13-7-3-11(17,4-8-14)1-2-12(18,5-9-15)6-10-16/h13-16H,1-10H2. The van der Waals surface area contributed by atoms with Crippen LogP contribution in [-0.2, 0) is 0 Å². The first-order valence-electron chi connectivity index (χ1n) is 6.03. The molecule has 0 unspecified atom stereocenters. The van der Waals surface area contributed by atoms with Gasteiger partial charge in [-0.3, -0.25) is 0 Å². The second-order valence-corrected chi connectivity index (χ2v) is 4.35. The van der Waals surface area contributed by atoms with Crippen LogP contribution < -0.4 is 0 Å². The predicted octanol–water partition coefficient (Wildman–Crippen LogP) is -2.42. The molecular formula is C10H24N2O6. The Morgan fingerprint density at radius 3 is 0.889 bits per heavy atom. The first-order chi connectivity index (χ1) is 8.45. The quantitative estimate of drug-likeness (QED) is 0.244. The Kier molecular flexibility index (Phi) is 8.57. The number of aliphatic hydroxyl groups is 4. The van der Waals surface area contributed by atoms with E-state index in [1.807, 2.05) is 0 Å². The molecule has 0 fully saturated rings. The molecule has 0 spiro atoms. The molecule has 0 aromatic rings. The van der Waals surface area contributed by atoms with Crippen LogP contribution in [0, 0.1) is 10.4 Å². The third kappa shape index (κ3) is 6.57. The van der Waals surface area contributed by atoms with Crippen LogP contribution in [0.2, 0.25) is 0 Å². The van der Waals surface area contributed by atoms with Gasteiger partial charge in [-0.2, -0.15) is 0 Å². The minimum atomic E-state index is -0.841. The summed E-state index contributed by atoms with van der Waals surface area (Å²) >= 11 is 0. The molecule has 18 heavy (non-hydrogen) atoms. The highest BCUT2D eigenvalue weighted by molar-refractivity contribution is 4.49. The van der Waals surface area contributed by atoms with E-state index in [0.717, 1.165) is 0 Å². The Bertz CT molecular complexity index is 183. The van der Waals surface area contributed by atoms with Crippen LogP contribution in [0.25, 0.3) is 0 Å². The molecule has 0 heterocycles. The largest absolute Gasteiger partial charge is 0.633 e. The first-order valence-corrected chi connectivity index (χ1v) is 6.03. The summed E-state index contributed by atoms with van der Waals surface area (Å²) in [7, 11) is 0. The summed E-state index contributed by atoms with van der Waals surface area (Å²) in [5.74, 6) is 0. The van der Waals surface area contributed by atoms with Crippen LogP contribution in [0.1, 0.15) is 0 Å². The number of quaternary nitrogens is 2. The minimum Gasteiger partial charge on any atom is -0.633 e. The van der Waals surface area contributed by atoms with Gasteiger partial charge in [0.05, 0.1) is 26.4 Å². The second kappa shape index (κ2) is 8.73. The maximum absolute atomic E-state index is 12.1. The van der Waals surface area contributed by atoms with Crippen molar-refractivity contribution in [2.75, 3.05) is 65.7 Å². The van der Waals surface area contributed by atoms with Gasteiger partial charge in [0.15, 0.2) is 0 Å². The molecule has 0 amide bonds. The van der Waals surface area contributed by atoms with E-state index in [1.165, 1.54) is 0 Å². The van der Waals surface area contributed by atoms with E-state index in [9.17, 15) is 10.4 Å². The Balaban J connectivity index is 4.44. The van der Waals surface area contributed by atoms with Gasteiger partial charge in [-0.25, -0.2) is 0 Å². The van der Waals surface area contributed by atoms with Crippen LogP contribution in [0.15, 0.2) is 0 Å². The fraction of sp³-hybridized carbons (Fsp3) is 1.00. The zero-order valence-electron chi connectivity index (χ0n) is 10.6. The molecule has 8 heteroatoms. The van der Waals surface area contributed by atoms with Crippen molar-refractivity contribution in [3.05, 3.63) is 10.4 Å². The third-order valence-corrected chi connectivity index (χ3v) is 2.95. The van der Waals surface area contributed by atoms with Crippen LogP contribution in [0.4, 0.5) is 0 Å². The topological polar surface area (TPSA) is 127 Å². The Labute approximate surface area is 107 Å². The number of nitrogens with zero attached hydrogens (tertiary/aromatic N) is 2. The van der Waals surface area contributed by atoms with Crippen LogP contribution in [0.5, 0.6) is 0 Å². The Hall–Kier alpha value is -0.320. The predicted molar refractivity (Wildman–Crippen MR) is 64.8 cm³/mol. The van der Waals surface area contributed by atoms with Crippen LogP contribution in [-0.4, -0.2) is 95.4 Å². The van der Waals surface area contributed by atoms with Crippen molar-refractivity contribution in [1.82, 2.24) is 0 Å². The molecule has 8 nitrogen and oxygen atoms in total. The van der Waals surface area contributed by atoms with Crippen molar-refractivity contribution < 1.29 is 29.7 Å². The fourth-order valence-corrected chi connectivity index (χ4v) is 1.76. The van der Waals surface area contributed by atoms with E-state index >= 15 is 0 Å². The highest BCUT2D eigenvalue weighted by atomic mass is 16.6. The Morgan fingerprint density at radius 2 is 0.722 bits per heavy atom. The van der Waals surface area contributed by atoms with E-state index in [4.69, 9.17) is 20.4 Å². The van der Waals surface area contributed by atoms with Crippen molar-refractivity contribution >= 4 is 0 Å². The van der Waals surface area contributed by atoms with Gasteiger partial charge in [-0.15, -0.1) is 0 Å². The summed E-state index contributed by atoms with van der Waals surface area (Å²) in [6, 6.07) is 0. The zero-order chi connectivity index (χ0) is 14.1. The fourth-order valence-electron chi connectivity index (χ4n) is 1.76. The van der Waals surface area contributed by atoms with E-state index in [0.29, 0.717) is 0 Å². The number of hydrogen-bond donors (Lipinski definition) is 4. The van der Waals surface area contributed by atoms with Crippen molar-refractivity contribution in [2.45, 2.75) is 0 Å². The summed E-state index contributed by atoms with van der Waals surface area (Å²) in [4.78, 5) is 0. The number of aliphatic hydroxyl groups excluding tert-OH is 4. The van der Waals surface area contributed by atoms with Crippen LogP contribution in [0.3, 0.4) is 0 Å². The lowest BCUT2D eigenvalue weighted by Gasteiger charge is -2.47. The van der Waals surface area contributed by atoms with E-state index in [1.54, 1.807) is 0 Å². The molecule has 0 saturated carbocycles. The van der Waals surface area contributed by atoms with Gasteiger partial charge in [-0.05, 0) is 0 Å². The summed E-state index contributed by atoms with van der Waals surface area (Å²) in [6.07, 6.45) is 0. The molecule has 0 atom stereocenters. The summed E-state index contributed by atoms with van der Waals surface area (Å²) in [6.45, 7) is -1.74. The first kappa shape index (κ1) is 17.7. The molecule has 110 valence electrons. The molecule has 0 aliphatic heterocycles. The van der Waals surface area contributed by atoms with Gasteiger partial charge in [0, 0.05) is 0 Å². The zero-order valence-corrected chi connectivity index (χ0v) is 10.6. The van der Waals surface area contributed by atoms with Crippen molar-refractivity contribution in [3.8, 4) is 0 Å². The second-order valence-electron chi connectivity index (χ2n) is 4.35. The number of hydrogen-bond acceptors (Lipinski definition) is 6. The molecule has 0 aromatic heterocycles. The lowest BCUT2D eigenvalue weighted by atomic mass is 10.3. The molecule has 0 aliphatic rings. The third-order valence-electron chi connectivity index (χ3n) is 2.95. The number of hydroxylamine groups is 6. The van der Waals surface area contributed by atoms with E-state index in [-0.39, 0.29) is 65.7 Å². The van der Waals surface area contributed by atoms with E-state index < -0.39 is 9.29 Å². The van der Waals surface area contributed by atoms with Crippen molar-refractivity contribution in [1.29, 1.82) is 0 Å². The lowest BCUT2D eigenvalue weighted by molar-refractivity contribution is -0.936. The number of rotatable bonds is 11. The van der Waals surface area contributed by atoms with Crippen molar-refractivity contribution in [2.24, 2.45) is 0 Å². The SMILES string of the molecule is [O-][N+](CCO)(CCO)CC[N+]([O-])(CCO)CCO. The molecule has 0 aliphatic carbocycles. The minimum absolute atomic E-state index is 0.0649. The molecule has 0 rings (SSSR count).